The first kappa shape index (κ1) is 21.8. The molecular formula is C24H38O2Si. The molecule has 27 heavy (non-hydrogen) atoms. The Hall–Kier alpha value is -1.48. The van der Waals surface area contributed by atoms with Crippen molar-refractivity contribution in [2.24, 2.45) is 0 Å². The van der Waals surface area contributed by atoms with Crippen molar-refractivity contribution in [1.29, 1.82) is 0 Å². The molecule has 1 aromatic carbocycles. The van der Waals surface area contributed by atoms with E-state index in [4.69, 9.17) is 9.47 Å². The number of allylic oxidation sites excluding steroid dienone is 4. The van der Waals surface area contributed by atoms with E-state index in [0.29, 0.717) is 5.54 Å². The first-order valence-corrected chi connectivity index (χ1v) is 13.5. The molecule has 0 aromatic heterocycles. The molecule has 0 aliphatic heterocycles. The summed E-state index contributed by atoms with van der Waals surface area (Å²) in [4.78, 5) is 0. The van der Waals surface area contributed by atoms with Gasteiger partial charge in [0.05, 0.1) is 22.3 Å². The van der Waals surface area contributed by atoms with Crippen LogP contribution in [0.25, 0.3) is 0 Å². The Kier molecular flexibility index (Phi) is 5.78. The van der Waals surface area contributed by atoms with Crippen molar-refractivity contribution in [1.82, 2.24) is 0 Å². The van der Waals surface area contributed by atoms with Crippen molar-refractivity contribution in [2.45, 2.75) is 77.6 Å². The van der Waals surface area contributed by atoms with Crippen LogP contribution >= 0.6 is 0 Å². The van der Waals surface area contributed by atoms with Gasteiger partial charge in [0.15, 0.2) is 0 Å². The Balaban J connectivity index is 2.69. The minimum Gasteiger partial charge on any atom is -0.497 e. The lowest BCUT2D eigenvalue weighted by molar-refractivity contribution is 0.375. The summed E-state index contributed by atoms with van der Waals surface area (Å²) in [6.45, 7) is 20.9. The number of hydrogen-bond acceptors (Lipinski definition) is 2. The third kappa shape index (κ3) is 4.18. The van der Waals surface area contributed by atoms with E-state index in [1.54, 1.807) is 14.2 Å². The molecule has 2 rings (SSSR count). The predicted molar refractivity (Wildman–Crippen MR) is 120 cm³/mol. The van der Waals surface area contributed by atoms with Gasteiger partial charge in [0, 0.05) is 16.5 Å². The molecule has 1 atom stereocenters. The summed E-state index contributed by atoms with van der Waals surface area (Å²) in [5.74, 6) is 1.88. The van der Waals surface area contributed by atoms with Gasteiger partial charge in [-0.25, -0.2) is 0 Å². The lowest BCUT2D eigenvalue weighted by Crippen LogP contribution is -2.27. The van der Waals surface area contributed by atoms with E-state index in [2.05, 4.69) is 85.5 Å². The van der Waals surface area contributed by atoms with Crippen LogP contribution in [-0.2, 0) is 10.8 Å². The molecule has 0 bridgehead atoms. The summed E-state index contributed by atoms with van der Waals surface area (Å²) in [6.07, 6.45) is 4.91. The molecule has 1 aliphatic rings. The van der Waals surface area contributed by atoms with Crippen LogP contribution in [0, 0.1) is 0 Å². The summed E-state index contributed by atoms with van der Waals surface area (Å²) >= 11 is 0. The molecule has 0 amide bonds. The Labute approximate surface area is 167 Å². The van der Waals surface area contributed by atoms with Crippen molar-refractivity contribution in [3.8, 4) is 11.5 Å². The molecule has 0 saturated carbocycles. The van der Waals surface area contributed by atoms with Gasteiger partial charge in [0.2, 0.25) is 0 Å². The normalized spacial score (nSPS) is 18.3. The zero-order chi connectivity index (χ0) is 20.8. The molecule has 0 radical (unpaired) electrons. The lowest BCUT2D eigenvalue weighted by atomic mass is 9.74. The first-order valence-electron chi connectivity index (χ1n) is 9.91. The summed E-state index contributed by atoms with van der Waals surface area (Å²) < 4.78 is 11.6. The van der Waals surface area contributed by atoms with E-state index in [1.165, 1.54) is 22.3 Å². The molecule has 150 valence electrons. The summed E-state index contributed by atoms with van der Waals surface area (Å²) in [6, 6.07) is 4.27. The average Bonchev–Trinajstić information content (AvgIpc) is 2.95. The van der Waals surface area contributed by atoms with Gasteiger partial charge in [-0.05, 0) is 35.6 Å². The summed E-state index contributed by atoms with van der Waals surface area (Å²) in [5.41, 5.74) is 5.69. The molecule has 3 heteroatoms. The van der Waals surface area contributed by atoms with Crippen LogP contribution in [0.3, 0.4) is 0 Å². The maximum absolute atomic E-state index is 5.97. The minimum atomic E-state index is -1.29. The van der Waals surface area contributed by atoms with Crippen LogP contribution in [-0.4, -0.2) is 22.3 Å². The average molecular weight is 387 g/mol. The highest BCUT2D eigenvalue weighted by Gasteiger charge is 2.37. The van der Waals surface area contributed by atoms with Crippen molar-refractivity contribution >= 4 is 8.07 Å². The van der Waals surface area contributed by atoms with Gasteiger partial charge in [-0.1, -0.05) is 72.0 Å². The molecular weight excluding hydrogens is 348 g/mol. The number of methoxy groups -OCH3 is 2. The third-order valence-electron chi connectivity index (χ3n) is 5.86. The summed E-state index contributed by atoms with van der Waals surface area (Å²) in [5, 5.41) is 0. The molecule has 0 saturated heterocycles. The van der Waals surface area contributed by atoms with Gasteiger partial charge in [-0.15, -0.1) is 0 Å². The van der Waals surface area contributed by atoms with Gasteiger partial charge < -0.3 is 9.47 Å². The van der Waals surface area contributed by atoms with Gasteiger partial charge in [0.1, 0.15) is 11.5 Å². The van der Waals surface area contributed by atoms with Crippen LogP contribution in [0.4, 0.5) is 0 Å². The quantitative estimate of drug-likeness (QED) is 0.514. The topological polar surface area (TPSA) is 18.5 Å². The number of hydrogen-bond donors (Lipinski definition) is 0. The minimum absolute atomic E-state index is 0.0264. The summed E-state index contributed by atoms with van der Waals surface area (Å²) in [7, 11) is 2.23. The fraction of sp³-hybridized carbons (Fsp3) is 0.583. The number of benzene rings is 1. The van der Waals surface area contributed by atoms with Gasteiger partial charge in [-0.2, -0.15) is 0 Å². The number of rotatable bonds is 5. The smallest absolute Gasteiger partial charge is 0.126 e. The van der Waals surface area contributed by atoms with E-state index >= 15 is 0 Å². The highest BCUT2D eigenvalue weighted by molar-refractivity contribution is 6.78. The second kappa shape index (κ2) is 7.16. The van der Waals surface area contributed by atoms with E-state index in [9.17, 15) is 0 Å². The largest absolute Gasteiger partial charge is 0.497 e. The molecule has 1 unspecified atom stereocenters. The molecule has 0 N–H and O–H groups in total. The van der Waals surface area contributed by atoms with Crippen molar-refractivity contribution in [3.05, 3.63) is 46.6 Å². The van der Waals surface area contributed by atoms with Gasteiger partial charge in [-0.3, -0.25) is 0 Å². The lowest BCUT2D eigenvalue weighted by Gasteiger charge is -2.32. The molecule has 2 nitrogen and oxygen atoms in total. The van der Waals surface area contributed by atoms with Crippen molar-refractivity contribution in [3.63, 3.8) is 0 Å². The molecule has 0 fully saturated rings. The molecule has 0 spiro atoms. The number of ether oxygens (including phenoxy) is 2. The van der Waals surface area contributed by atoms with E-state index in [1.807, 2.05) is 0 Å². The predicted octanol–water partition coefficient (Wildman–Crippen LogP) is 6.87. The Morgan fingerprint density at radius 1 is 0.889 bits per heavy atom. The molecule has 0 heterocycles. The second-order valence-corrected chi connectivity index (χ2v) is 15.8. The maximum Gasteiger partial charge on any atom is 0.126 e. The SMILES string of the molecule is COc1cc(C(C)(C)C)c(OC)c(C(C)(C)C2=CC([Si](C)(C)C)C(C)=C2)c1. The van der Waals surface area contributed by atoms with Crippen LogP contribution < -0.4 is 9.47 Å². The Morgan fingerprint density at radius 3 is 1.85 bits per heavy atom. The highest BCUT2D eigenvalue weighted by atomic mass is 28.3. The Bertz CT molecular complexity index is 771. The molecule has 1 aliphatic carbocycles. The zero-order valence-electron chi connectivity index (χ0n) is 19.2. The fourth-order valence-electron chi connectivity index (χ4n) is 4.13. The van der Waals surface area contributed by atoms with Gasteiger partial charge >= 0.3 is 0 Å². The third-order valence-corrected chi connectivity index (χ3v) is 8.35. The van der Waals surface area contributed by atoms with E-state index < -0.39 is 8.07 Å². The van der Waals surface area contributed by atoms with Crippen molar-refractivity contribution < 1.29 is 9.47 Å². The second-order valence-electron chi connectivity index (χ2n) is 10.5. The van der Waals surface area contributed by atoms with Crippen LogP contribution in [0.5, 0.6) is 11.5 Å². The first-order chi connectivity index (χ1) is 12.2. The van der Waals surface area contributed by atoms with Crippen LogP contribution in [0.1, 0.15) is 52.7 Å². The maximum atomic E-state index is 5.97. The van der Waals surface area contributed by atoms with Crippen LogP contribution in [0.15, 0.2) is 35.4 Å². The molecule has 1 aromatic rings. The van der Waals surface area contributed by atoms with Crippen LogP contribution in [0.2, 0.25) is 25.2 Å². The van der Waals surface area contributed by atoms with E-state index in [-0.39, 0.29) is 10.8 Å². The van der Waals surface area contributed by atoms with Crippen molar-refractivity contribution in [2.75, 3.05) is 14.2 Å². The standard InChI is InChI=1S/C24H38O2Si/c1-16-12-17(13-21(16)27(9,10)11)24(5,6)20-15-18(25-7)14-19(22(20)26-8)23(2,3)4/h12-15,21H,1-11H3. The highest BCUT2D eigenvalue weighted by Crippen LogP contribution is 2.49. The zero-order valence-corrected chi connectivity index (χ0v) is 20.2. The monoisotopic (exact) mass is 386 g/mol. The van der Waals surface area contributed by atoms with E-state index in [0.717, 1.165) is 11.5 Å². The fourth-order valence-corrected chi connectivity index (χ4v) is 6.26. The Morgan fingerprint density at radius 2 is 1.44 bits per heavy atom. The van der Waals surface area contributed by atoms with Gasteiger partial charge in [0.25, 0.3) is 0 Å².